The lowest BCUT2D eigenvalue weighted by molar-refractivity contribution is -0.117. The zero-order valence-corrected chi connectivity index (χ0v) is 18.7. The van der Waals surface area contributed by atoms with Crippen LogP contribution in [0.5, 0.6) is 11.5 Å². The van der Waals surface area contributed by atoms with E-state index in [2.05, 4.69) is 10.6 Å². The fourth-order valence-electron chi connectivity index (χ4n) is 4.47. The molecule has 1 aromatic heterocycles. The molecular weight excluding hydrogens is 414 g/mol. The normalized spacial score (nSPS) is 15.8. The minimum atomic E-state index is 0.0285. The van der Waals surface area contributed by atoms with Gasteiger partial charge in [0.15, 0.2) is 11.5 Å². The average molecular weight is 442 g/mol. The van der Waals surface area contributed by atoms with Crippen molar-refractivity contribution < 1.29 is 14.3 Å². The highest BCUT2D eigenvalue weighted by Gasteiger charge is 2.34. The molecule has 2 heterocycles. The summed E-state index contributed by atoms with van der Waals surface area (Å²) in [6, 6.07) is 25.7. The van der Waals surface area contributed by atoms with Gasteiger partial charge in [0.2, 0.25) is 5.91 Å². The quantitative estimate of drug-likeness (QED) is 0.385. The summed E-state index contributed by atoms with van der Waals surface area (Å²) in [5.41, 5.74) is 2.93. The fraction of sp³-hybridized carbons (Fsp3) is 0.259. The van der Waals surface area contributed by atoms with Crippen LogP contribution in [0.15, 0.2) is 78.9 Å². The van der Waals surface area contributed by atoms with E-state index in [0.29, 0.717) is 32.7 Å². The van der Waals surface area contributed by atoms with Gasteiger partial charge in [0.05, 0.1) is 24.2 Å². The number of carbonyl (C=O) groups excluding carboxylic acids is 1. The summed E-state index contributed by atoms with van der Waals surface area (Å²) in [5.74, 6) is 2.57. The summed E-state index contributed by atoms with van der Waals surface area (Å²) in [6.07, 6.45) is 0.451. The monoisotopic (exact) mass is 441 g/mol. The van der Waals surface area contributed by atoms with E-state index in [1.165, 1.54) is 0 Å². The Morgan fingerprint density at radius 2 is 1.61 bits per heavy atom. The highest BCUT2D eigenvalue weighted by atomic mass is 16.5. The van der Waals surface area contributed by atoms with Crippen molar-refractivity contribution in [3.63, 3.8) is 0 Å². The number of para-hydroxylation sites is 5. The molecule has 4 aromatic rings. The van der Waals surface area contributed by atoms with E-state index in [4.69, 9.17) is 14.5 Å². The molecule has 1 fully saturated rings. The van der Waals surface area contributed by atoms with Crippen molar-refractivity contribution in [3.8, 4) is 11.5 Å². The summed E-state index contributed by atoms with van der Waals surface area (Å²) >= 11 is 0. The molecule has 1 saturated heterocycles. The molecule has 1 aliphatic rings. The SMILES string of the molecule is CCOc1ccccc1OCCn1c(C2CC(=O)N(c3ccccc3)C2)nc2ccccc21. The average Bonchev–Trinajstić information content (AvgIpc) is 3.41. The van der Waals surface area contributed by atoms with Gasteiger partial charge >= 0.3 is 0 Å². The maximum absolute atomic E-state index is 12.8. The van der Waals surface area contributed by atoms with Crippen molar-refractivity contribution in [2.24, 2.45) is 0 Å². The molecule has 0 radical (unpaired) electrons. The van der Waals surface area contributed by atoms with E-state index in [0.717, 1.165) is 34.0 Å². The maximum atomic E-state index is 12.8. The lowest BCUT2D eigenvalue weighted by atomic mass is 10.1. The molecule has 33 heavy (non-hydrogen) atoms. The Labute approximate surface area is 193 Å². The Balaban J connectivity index is 1.39. The lowest BCUT2D eigenvalue weighted by Crippen LogP contribution is -2.24. The number of amides is 1. The number of hydrogen-bond donors (Lipinski definition) is 0. The second-order valence-corrected chi connectivity index (χ2v) is 8.08. The third kappa shape index (κ3) is 4.29. The van der Waals surface area contributed by atoms with Gasteiger partial charge < -0.3 is 18.9 Å². The maximum Gasteiger partial charge on any atom is 0.227 e. The third-order valence-electron chi connectivity index (χ3n) is 5.96. The van der Waals surface area contributed by atoms with Crippen LogP contribution in [-0.4, -0.2) is 35.2 Å². The number of rotatable bonds is 8. The highest BCUT2D eigenvalue weighted by molar-refractivity contribution is 5.96. The Morgan fingerprint density at radius 1 is 0.909 bits per heavy atom. The molecule has 0 spiro atoms. The molecule has 3 aromatic carbocycles. The van der Waals surface area contributed by atoms with Crippen LogP contribution in [0.4, 0.5) is 5.69 Å². The number of benzene rings is 3. The summed E-state index contributed by atoms with van der Waals surface area (Å²) in [5, 5.41) is 0. The largest absolute Gasteiger partial charge is 0.490 e. The van der Waals surface area contributed by atoms with Gasteiger partial charge in [0, 0.05) is 24.6 Å². The highest BCUT2D eigenvalue weighted by Crippen LogP contribution is 2.33. The number of nitrogens with zero attached hydrogens (tertiary/aromatic N) is 3. The van der Waals surface area contributed by atoms with Crippen LogP contribution in [0.25, 0.3) is 11.0 Å². The minimum absolute atomic E-state index is 0.0285. The molecule has 1 amide bonds. The van der Waals surface area contributed by atoms with Crippen molar-refractivity contribution in [2.75, 3.05) is 24.7 Å². The molecule has 5 rings (SSSR count). The molecule has 1 unspecified atom stereocenters. The van der Waals surface area contributed by atoms with E-state index in [1.54, 1.807) is 0 Å². The topological polar surface area (TPSA) is 56.6 Å². The molecule has 0 aliphatic carbocycles. The van der Waals surface area contributed by atoms with Crippen LogP contribution in [0.1, 0.15) is 25.1 Å². The van der Waals surface area contributed by atoms with Crippen molar-refractivity contribution in [1.82, 2.24) is 9.55 Å². The number of carbonyl (C=O) groups is 1. The van der Waals surface area contributed by atoms with Gasteiger partial charge in [-0.05, 0) is 43.3 Å². The summed E-state index contributed by atoms with van der Waals surface area (Å²) in [7, 11) is 0. The predicted molar refractivity (Wildman–Crippen MR) is 129 cm³/mol. The molecular formula is C27H27N3O3. The van der Waals surface area contributed by atoms with Crippen molar-refractivity contribution >= 4 is 22.6 Å². The van der Waals surface area contributed by atoms with Crippen molar-refractivity contribution in [2.45, 2.75) is 25.8 Å². The van der Waals surface area contributed by atoms with E-state index < -0.39 is 0 Å². The second kappa shape index (κ2) is 9.36. The summed E-state index contributed by atoms with van der Waals surface area (Å²) in [4.78, 5) is 19.6. The summed E-state index contributed by atoms with van der Waals surface area (Å²) < 4.78 is 14.0. The zero-order chi connectivity index (χ0) is 22.6. The molecule has 1 atom stereocenters. The Hall–Kier alpha value is -3.80. The van der Waals surface area contributed by atoms with Crippen LogP contribution in [-0.2, 0) is 11.3 Å². The predicted octanol–water partition coefficient (Wildman–Crippen LogP) is 5.03. The van der Waals surface area contributed by atoms with Crippen LogP contribution >= 0.6 is 0 Å². The van der Waals surface area contributed by atoms with Crippen LogP contribution < -0.4 is 14.4 Å². The van der Waals surface area contributed by atoms with Crippen LogP contribution in [0, 0.1) is 0 Å². The number of ether oxygens (including phenoxy) is 2. The third-order valence-corrected chi connectivity index (χ3v) is 5.96. The second-order valence-electron chi connectivity index (χ2n) is 8.08. The number of fused-ring (bicyclic) bond motifs is 1. The molecule has 6 heteroatoms. The standard InChI is InChI=1S/C27H27N3O3/c1-2-32-24-14-8-9-15-25(24)33-17-16-29-23-13-7-6-12-22(23)28-27(29)20-18-26(31)30(19-20)21-10-4-3-5-11-21/h3-15,20H,2,16-19H2,1H3. The number of anilines is 1. The van der Waals surface area contributed by atoms with Gasteiger partial charge in [-0.25, -0.2) is 4.98 Å². The first-order valence-corrected chi connectivity index (χ1v) is 11.4. The van der Waals surface area contributed by atoms with E-state index >= 15 is 0 Å². The van der Waals surface area contributed by atoms with Gasteiger partial charge in [-0.2, -0.15) is 0 Å². The van der Waals surface area contributed by atoms with E-state index in [1.807, 2.05) is 84.6 Å². The smallest absolute Gasteiger partial charge is 0.227 e. The molecule has 0 bridgehead atoms. The fourth-order valence-corrected chi connectivity index (χ4v) is 4.47. The molecule has 6 nitrogen and oxygen atoms in total. The molecule has 168 valence electrons. The molecule has 0 N–H and O–H groups in total. The first-order chi connectivity index (χ1) is 16.2. The van der Waals surface area contributed by atoms with E-state index in [-0.39, 0.29) is 11.8 Å². The summed E-state index contributed by atoms with van der Waals surface area (Å²) in [6.45, 7) is 4.28. The van der Waals surface area contributed by atoms with Gasteiger partial charge in [0.25, 0.3) is 0 Å². The van der Waals surface area contributed by atoms with Crippen LogP contribution in [0.2, 0.25) is 0 Å². The Morgan fingerprint density at radius 3 is 2.39 bits per heavy atom. The first kappa shape index (κ1) is 21.1. The molecule has 0 saturated carbocycles. The number of imidazole rings is 1. The van der Waals surface area contributed by atoms with Gasteiger partial charge in [-0.3, -0.25) is 4.79 Å². The van der Waals surface area contributed by atoms with Crippen molar-refractivity contribution in [3.05, 3.63) is 84.7 Å². The Kier molecular flexibility index (Phi) is 5.98. The first-order valence-electron chi connectivity index (χ1n) is 11.4. The lowest BCUT2D eigenvalue weighted by Gasteiger charge is -2.18. The number of aromatic nitrogens is 2. The van der Waals surface area contributed by atoms with Gasteiger partial charge in [-0.15, -0.1) is 0 Å². The molecule has 1 aliphatic heterocycles. The number of hydrogen-bond acceptors (Lipinski definition) is 4. The minimum Gasteiger partial charge on any atom is -0.490 e. The Bertz CT molecular complexity index is 1250. The van der Waals surface area contributed by atoms with E-state index in [9.17, 15) is 4.79 Å². The zero-order valence-electron chi connectivity index (χ0n) is 18.7. The van der Waals surface area contributed by atoms with Crippen LogP contribution in [0.3, 0.4) is 0 Å². The van der Waals surface area contributed by atoms with Gasteiger partial charge in [0.1, 0.15) is 12.4 Å². The van der Waals surface area contributed by atoms with Crippen molar-refractivity contribution in [1.29, 1.82) is 0 Å². The van der Waals surface area contributed by atoms with Gasteiger partial charge in [-0.1, -0.05) is 42.5 Å².